The monoisotopic (exact) mass is 341 g/mol. The summed E-state index contributed by atoms with van der Waals surface area (Å²) in [5.74, 6) is -0.524. The van der Waals surface area contributed by atoms with Crippen LogP contribution in [0.5, 0.6) is 0 Å². The number of carbonyl (C=O) groups is 1. The number of rotatable bonds is 3. The van der Waals surface area contributed by atoms with Gasteiger partial charge in [0.1, 0.15) is 17.1 Å². The number of nitrogens with one attached hydrogen (secondary N) is 2. The number of hydrogen-bond acceptors (Lipinski definition) is 4. The number of aromatic amines is 2. The number of likely N-dealkylation sites (tertiary alicyclic amines) is 1. The Morgan fingerprint density at radius 1 is 1.28 bits per heavy atom. The van der Waals surface area contributed by atoms with Crippen molar-refractivity contribution >= 4 is 5.91 Å². The van der Waals surface area contributed by atoms with Gasteiger partial charge in [0.2, 0.25) is 0 Å². The van der Waals surface area contributed by atoms with Crippen LogP contribution in [0.4, 0.5) is 4.39 Å². The number of nitrogens with zero attached hydrogens (tertiary/aromatic N) is 3. The van der Waals surface area contributed by atoms with Gasteiger partial charge in [-0.05, 0) is 17.7 Å². The molecule has 128 valence electrons. The summed E-state index contributed by atoms with van der Waals surface area (Å²) in [5.41, 5.74) is 1.15. The number of H-pyrrole nitrogens is 2. The topological polar surface area (TPSA) is 97.9 Å². The Morgan fingerprint density at radius 2 is 2.08 bits per heavy atom. The number of hydrogen-bond donors (Lipinski definition) is 3. The van der Waals surface area contributed by atoms with Gasteiger partial charge in [-0.2, -0.15) is 15.4 Å². The van der Waals surface area contributed by atoms with Gasteiger partial charge in [-0.3, -0.25) is 4.79 Å². The zero-order valence-corrected chi connectivity index (χ0v) is 13.2. The summed E-state index contributed by atoms with van der Waals surface area (Å²) >= 11 is 0. The van der Waals surface area contributed by atoms with E-state index in [-0.39, 0.29) is 18.3 Å². The second-order valence-electron chi connectivity index (χ2n) is 6.15. The van der Waals surface area contributed by atoms with Gasteiger partial charge in [0.05, 0.1) is 18.3 Å². The Bertz CT molecular complexity index is 890. The Kier molecular flexibility index (Phi) is 3.61. The molecule has 0 radical (unpaired) electrons. The second kappa shape index (κ2) is 5.82. The molecule has 2 aromatic heterocycles. The highest BCUT2D eigenvalue weighted by Crippen LogP contribution is 2.32. The number of halogens is 1. The van der Waals surface area contributed by atoms with E-state index >= 15 is 0 Å². The molecule has 1 fully saturated rings. The van der Waals surface area contributed by atoms with Crippen LogP contribution in [-0.4, -0.2) is 49.4 Å². The van der Waals surface area contributed by atoms with Crippen LogP contribution in [0.3, 0.4) is 0 Å². The number of carbonyl (C=O) groups excluding carboxylic acids is 1. The van der Waals surface area contributed by atoms with Crippen LogP contribution in [0, 0.1) is 5.82 Å². The van der Waals surface area contributed by atoms with Crippen LogP contribution in [0.25, 0.3) is 11.1 Å². The molecule has 0 bridgehead atoms. The van der Waals surface area contributed by atoms with Crippen LogP contribution in [0.2, 0.25) is 0 Å². The van der Waals surface area contributed by atoms with Crippen molar-refractivity contribution in [2.24, 2.45) is 0 Å². The van der Waals surface area contributed by atoms with Crippen LogP contribution in [0.1, 0.15) is 22.5 Å². The smallest absolute Gasteiger partial charge is 0.256 e. The number of amides is 1. The van der Waals surface area contributed by atoms with Crippen LogP contribution < -0.4 is 0 Å². The SMILES string of the molecule is O=C(c1c[nH]cc1-c1ccc(F)cc1)N1CCC(O)(c2cn[nH]n2)C1. The molecule has 3 N–H and O–H groups in total. The van der Waals surface area contributed by atoms with Crippen LogP contribution in [0.15, 0.2) is 42.9 Å². The first kappa shape index (κ1) is 15.5. The first-order chi connectivity index (χ1) is 12.1. The summed E-state index contributed by atoms with van der Waals surface area (Å²) in [6.07, 6.45) is 5.19. The zero-order chi connectivity index (χ0) is 17.4. The molecule has 1 amide bonds. The number of benzene rings is 1. The molecular weight excluding hydrogens is 325 g/mol. The molecule has 4 rings (SSSR count). The fraction of sp³-hybridized carbons (Fsp3) is 0.235. The van der Waals surface area contributed by atoms with Crippen molar-refractivity contribution in [2.45, 2.75) is 12.0 Å². The van der Waals surface area contributed by atoms with Crippen molar-refractivity contribution in [1.29, 1.82) is 0 Å². The minimum absolute atomic E-state index is 0.145. The largest absolute Gasteiger partial charge is 0.381 e. The van der Waals surface area contributed by atoms with Gasteiger partial charge >= 0.3 is 0 Å². The van der Waals surface area contributed by atoms with Gasteiger partial charge in [-0.25, -0.2) is 4.39 Å². The molecule has 1 aliphatic heterocycles. The summed E-state index contributed by atoms with van der Waals surface area (Å²) in [6.45, 7) is 0.558. The minimum atomic E-state index is -1.20. The van der Waals surface area contributed by atoms with Crippen molar-refractivity contribution in [3.8, 4) is 11.1 Å². The maximum absolute atomic E-state index is 13.1. The standard InChI is InChI=1S/C17H16FN5O2/c18-12-3-1-11(2-4-12)13-7-19-8-14(13)16(24)23-6-5-17(25,10-23)15-9-20-22-21-15/h1-4,7-9,19,25H,5-6,10H2,(H,20,21,22). The van der Waals surface area contributed by atoms with Gasteiger partial charge in [0.15, 0.2) is 0 Å². The van der Waals surface area contributed by atoms with E-state index in [9.17, 15) is 14.3 Å². The lowest BCUT2D eigenvalue weighted by Gasteiger charge is -2.21. The molecule has 8 heteroatoms. The molecule has 0 aliphatic carbocycles. The third-order valence-corrected chi connectivity index (χ3v) is 4.56. The average Bonchev–Trinajstić information content (AvgIpc) is 3.36. The molecule has 7 nitrogen and oxygen atoms in total. The molecule has 0 spiro atoms. The lowest BCUT2D eigenvalue weighted by atomic mass is 10.00. The van der Waals surface area contributed by atoms with Gasteiger partial charge in [-0.15, -0.1) is 0 Å². The molecule has 1 aromatic carbocycles. The lowest BCUT2D eigenvalue weighted by molar-refractivity contribution is 0.0382. The number of aliphatic hydroxyl groups is 1. The van der Waals surface area contributed by atoms with E-state index in [1.54, 1.807) is 29.4 Å². The van der Waals surface area contributed by atoms with E-state index in [1.807, 2.05) is 0 Å². The molecule has 1 atom stereocenters. The molecule has 1 aliphatic rings. The molecular formula is C17H16FN5O2. The Hall–Kier alpha value is -3.00. The Morgan fingerprint density at radius 3 is 2.80 bits per heavy atom. The second-order valence-corrected chi connectivity index (χ2v) is 6.15. The molecule has 3 heterocycles. The van der Waals surface area contributed by atoms with Gasteiger partial charge in [0, 0.05) is 30.9 Å². The van der Waals surface area contributed by atoms with Crippen molar-refractivity contribution in [3.05, 3.63) is 59.9 Å². The Labute approximate surface area is 142 Å². The molecule has 0 saturated carbocycles. The van der Waals surface area contributed by atoms with E-state index in [2.05, 4.69) is 20.4 Å². The Balaban J connectivity index is 1.59. The quantitative estimate of drug-likeness (QED) is 0.675. The maximum atomic E-state index is 13.1. The predicted octanol–water partition coefficient (Wildman–Crippen LogP) is 1.67. The summed E-state index contributed by atoms with van der Waals surface area (Å²) in [5, 5.41) is 20.9. The minimum Gasteiger partial charge on any atom is -0.381 e. The highest BCUT2D eigenvalue weighted by Gasteiger charge is 2.42. The molecule has 1 saturated heterocycles. The van der Waals surface area contributed by atoms with Crippen LogP contribution in [-0.2, 0) is 5.60 Å². The van der Waals surface area contributed by atoms with E-state index in [1.165, 1.54) is 18.3 Å². The fourth-order valence-corrected chi connectivity index (χ4v) is 3.18. The van der Waals surface area contributed by atoms with Crippen molar-refractivity contribution in [1.82, 2.24) is 25.3 Å². The first-order valence-corrected chi connectivity index (χ1v) is 7.87. The first-order valence-electron chi connectivity index (χ1n) is 7.87. The van der Waals surface area contributed by atoms with Crippen molar-refractivity contribution in [3.63, 3.8) is 0 Å². The van der Waals surface area contributed by atoms with Crippen molar-refractivity contribution in [2.75, 3.05) is 13.1 Å². The molecule has 3 aromatic rings. The summed E-state index contributed by atoms with van der Waals surface area (Å²) in [4.78, 5) is 17.4. The fourth-order valence-electron chi connectivity index (χ4n) is 3.18. The van der Waals surface area contributed by atoms with E-state index < -0.39 is 5.60 Å². The molecule has 1 unspecified atom stereocenters. The normalized spacial score (nSPS) is 20.2. The third-order valence-electron chi connectivity index (χ3n) is 4.56. The highest BCUT2D eigenvalue weighted by molar-refractivity contribution is 6.01. The van der Waals surface area contributed by atoms with Gasteiger partial charge in [0.25, 0.3) is 5.91 Å². The zero-order valence-electron chi connectivity index (χ0n) is 13.2. The predicted molar refractivity (Wildman–Crippen MR) is 87.0 cm³/mol. The lowest BCUT2D eigenvalue weighted by Crippen LogP contribution is -2.34. The number of β-amino-alcohol motifs (C(OH)–C–C–N with tert-alkyl or cyclic N) is 1. The third kappa shape index (κ3) is 2.70. The summed E-state index contributed by atoms with van der Waals surface area (Å²) in [7, 11) is 0. The van der Waals surface area contributed by atoms with E-state index in [0.717, 1.165) is 5.56 Å². The highest BCUT2D eigenvalue weighted by atomic mass is 19.1. The molecule has 25 heavy (non-hydrogen) atoms. The summed E-state index contributed by atoms with van der Waals surface area (Å²) in [6, 6.07) is 5.97. The van der Waals surface area contributed by atoms with E-state index in [0.29, 0.717) is 29.8 Å². The summed E-state index contributed by atoms with van der Waals surface area (Å²) < 4.78 is 13.1. The van der Waals surface area contributed by atoms with Gasteiger partial charge in [-0.1, -0.05) is 12.1 Å². The van der Waals surface area contributed by atoms with Gasteiger partial charge < -0.3 is 15.0 Å². The van der Waals surface area contributed by atoms with E-state index in [4.69, 9.17) is 0 Å². The van der Waals surface area contributed by atoms with Crippen molar-refractivity contribution < 1.29 is 14.3 Å². The maximum Gasteiger partial charge on any atom is 0.256 e. The van der Waals surface area contributed by atoms with Crippen LogP contribution >= 0.6 is 0 Å². The average molecular weight is 341 g/mol. The number of aromatic nitrogens is 4.